The van der Waals surface area contributed by atoms with Crippen LogP contribution in [0.5, 0.6) is 0 Å². The molecule has 1 amide bonds. The summed E-state index contributed by atoms with van der Waals surface area (Å²) in [4.78, 5) is 13.8. The topological polar surface area (TPSA) is 52.6 Å². The van der Waals surface area contributed by atoms with Gasteiger partial charge in [0.05, 0.1) is 11.6 Å². The number of likely N-dealkylation sites (tertiary alicyclic amines) is 1. The smallest absolute Gasteiger partial charge is 0.237 e. The summed E-state index contributed by atoms with van der Waals surface area (Å²) in [6.45, 7) is 10.1. The Bertz CT molecular complexity index is 260. The van der Waals surface area contributed by atoms with Gasteiger partial charge in [-0.05, 0) is 19.3 Å². The van der Waals surface area contributed by atoms with Gasteiger partial charge in [-0.3, -0.25) is 9.69 Å². The molecule has 1 unspecified atom stereocenters. The van der Waals surface area contributed by atoms with Crippen LogP contribution >= 0.6 is 0 Å². The Hall–Kier alpha value is -0.610. The van der Waals surface area contributed by atoms with Crippen LogP contribution in [0.2, 0.25) is 0 Å². The van der Waals surface area contributed by atoms with E-state index in [4.69, 9.17) is 0 Å². The van der Waals surface area contributed by atoms with Gasteiger partial charge < -0.3 is 10.4 Å². The van der Waals surface area contributed by atoms with Crippen molar-refractivity contribution in [3.63, 3.8) is 0 Å². The first-order chi connectivity index (χ1) is 7.88. The number of amides is 1. The highest BCUT2D eigenvalue weighted by Crippen LogP contribution is 2.27. The fourth-order valence-electron chi connectivity index (χ4n) is 2.23. The summed E-state index contributed by atoms with van der Waals surface area (Å²) in [5.74, 6) is 0.539. The molecule has 1 atom stereocenters. The van der Waals surface area contributed by atoms with Crippen LogP contribution in [0.25, 0.3) is 0 Å². The standard InChI is InChI=1S/C13H26N2O2/c1-5-6-13(17)8-15(9-13)11(4)12(16)14-7-10(2)3/h10-11,17H,5-9H2,1-4H3,(H,14,16). The van der Waals surface area contributed by atoms with Crippen molar-refractivity contribution in [1.82, 2.24) is 10.2 Å². The molecule has 1 aliphatic rings. The molecule has 1 aliphatic heterocycles. The number of hydrogen-bond acceptors (Lipinski definition) is 3. The predicted octanol–water partition coefficient (Wildman–Crippen LogP) is 0.994. The van der Waals surface area contributed by atoms with E-state index in [-0.39, 0.29) is 11.9 Å². The van der Waals surface area contributed by atoms with Crippen molar-refractivity contribution in [3.05, 3.63) is 0 Å². The summed E-state index contributed by atoms with van der Waals surface area (Å²) in [5, 5.41) is 13.0. The Morgan fingerprint density at radius 2 is 2.00 bits per heavy atom. The van der Waals surface area contributed by atoms with Crippen LogP contribution in [-0.4, -0.2) is 47.2 Å². The molecular formula is C13H26N2O2. The third kappa shape index (κ3) is 3.96. The number of β-amino-alcohol motifs (C(OH)–C–C–N with tert-alkyl or cyclic N) is 1. The zero-order chi connectivity index (χ0) is 13.1. The molecule has 0 bridgehead atoms. The molecule has 1 fully saturated rings. The minimum Gasteiger partial charge on any atom is -0.387 e. The number of nitrogens with zero attached hydrogens (tertiary/aromatic N) is 1. The zero-order valence-electron chi connectivity index (χ0n) is 11.5. The SMILES string of the molecule is CCCC1(O)CN(C(C)C(=O)NCC(C)C)C1. The van der Waals surface area contributed by atoms with Gasteiger partial charge in [0.15, 0.2) is 0 Å². The molecule has 1 saturated heterocycles. The molecule has 1 heterocycles. The van der Waals surface area contributed by atoms with Gasteiger partial charge in [-0.15, -0.1) is 0 Å². The van der Waals surface area contributed by atoms with E-state index in [1.165, 1.54) is 0 Å². The highest BCUT2D eigenvalue weighted by Gasteiger charge is 2.43. The van der Waals surface area contributed by atoms with Crippen molar-refractivity contribution < 1.29 is 9.90 Å². The second-order valence-corrected chi connectivity index (χ2v) is 5.69. The van der Waals surface area contributed by atoms with Crippen LogP contribution in [0.15, 0.2) is 0 Å². The number of carbonyl (C=O) groups excluding carboxylic acids is 1. The number of nitrogens with one attached hydrogen (secondary N) is 1. The second-order valence-electron chi connectivity index (χ2n) is 5.69. The Labute approximate surface area is 104 Å². The molecule has 0 saturated carbocycles. The summed E-state index contributed by atoms with van der Waals surface area (Å²) < 4.78 is 0. The van der Waals surface area contributed by atoms with Gasteiger partial charge in [-0.1, -0.05) is 27.2 Å². The minimum absolute atomic E-state index is 0.0669. The van der Waals surface area contributed by atoms with E-state index in [0.717, 1.165) is 19.4 Å². The molecule has 0 aromatic rings. The average molecular weight is 242 g/mol. The summed E-state index contributed by atoms with van der Waals surface area (Å²) in [7, 11) is 0. The molecule has 0 aromatic carbocycles. The van der Waals surface area contributed by atoms with Crippen molar-refractivity contribution in [3.8, 4) is 0 Å². The molecule has 4 heteroatoms. The summed E-state index contributed by atoms with van der Waals surface area (Å²) >= 11 is 0. The van der Waals surface area contributed by atoms with Crippen LogP contribution in [0.3, 0.4) is 0 Å². The lowest BCUT2D eigenvalue weighted by molar-refractivity contribution is -0.143. The molecule has 2 N–H and O–H groups in total. The van der Waals surface area contributed by atoms with Gasteiger partial charge in [-0.25, -0.2) is 0 Å². The number of aliphatic hydroxyl groups is 1. The quantitative estimate of drug-likeness (QED) is 0.730. The first-order valence-electron chi connectivity index (χ1n) is 6.62. The van der Waals surface area contributed by atoms with Gasteiger partial charge in [0, 0.05) is 19.6 Å². The maximum atomic E-state index is 11.8. The zero-order valence-corrected chi connectivity index (χ0v) is 11.5. The monoisotopic (exact) mass is 242 g/mol. The van der Waals surface area contributed by atoms with Crippen LogP contribution in [0.1, 0.15) is 40.5 Å². The van der Waals surface area contributed by atoms with Gasteiger partial charge >= 0.3 is 0 Å². The number of hydrogen-bond donors (Lipinski definition) is 2. The van der Waals surface area contributed by atoms with Crippen LogP contribution < -0.4 is 5.32 Å². The summed E-state index contributed by atoms with van der Waals surface area (Å²) in [6, 6.07) is -0.133. The van der Waals surface area contributed by atoms with Crippen molar-refractivity contribution in [1.29, 1.82) is 0 Å². The minimum atomic E-state index is -0.554. The van der Waals surface area contributed by atoms with E-state index in [0.29, 0.717) is 19.0 Å². The average Bonchev–Trinajstić information content (AvgIpc) is 2.21. The van der Waals surface area contributed by atoms with Crippen molar-refractivity contribution in [2.75, 3.05) is 19.6 Å². The normalized spacial score (nSPS) is 21.1. The van der Waals surface area contributed by atoms with Crippen molar-refractivity contribution in [2.24, 2.45) is 5.92 Å². The molecule has 0 aromatic heterocycles. The van der Waals surface area contributed by atoms with Crippen molar-refractivity contribution in [2.45, 2.75) is 52.2 Å². The van der Waals surface area contributed by atoms with E-state index < -0.39 is 5.60 Å². The van der Waals surface area contributed by atoms with Gasteiger partial charge in [0.1, 0.15) is 0 Å². The van der Waals surface area contributed by atoms with E-state index in [1.807, 2.05) is 11.8 Å². The Kier molecular flexibility index (Phi) is 4.95. The fourth-order valence-corrected chi connectivity index (χ4v) is 2.23. The number of rotatable bonds is 6. The highest BCUT2D eigenvalue weighted by atomic mass is 16.3. The maximum Gasteiger partial charge on any atom is 0.237 e. The van der Waals surface area contributed by atoms with Crippen LogP contribution in [-0.2, 0) is 4.79 Å². The van der Waals surface area contributed by atoms with Crippen LogP contribution in [0, 0.1) is 5.92 Å². The summed E-state index contributed by atoms with van der Waals surface area (Å²) in [5.41, 5.74) is -0.554. The molecule has 1 rings (SSSR count). The molecule has 0 spiro atoms. The Morgan fingerprint density at radius 3 is 2.47 bits per heavy atom. The van der Waals surface area contributed by atoms with Crippen molar-refractivity contribution >= 4 is 5.91 Å². The fraction of sp³-hybridized carbons (Fsp3) is 0.923. The Balaban J connectivity index is 2.31. The largest absolute Gasteiger partial charge is 0.387 e. The highest BCUT2D eigenvalue weighted by molar-refractivity contribution is 5.81. The third-order valence-electron chi connectivity index (χ3n) is 3.32. The summed E-state index contributed by atoms with van der Waals surface area (Å²) in [6.07, 6.45) is 1.81. The predicted molar refractivity (Wildman–Crippen MR) is 68.7 cm³/mol. The van der Waals surface area contributed by atoms with Gasteiger partial charge in [0.25, 0.3) is 0 Å². The maximum absolute atomic E-state index is 11.8. The van der Waals surface area contributed by atoms with E-state index in [9.17, 15) is 9.90 Å². The van der Waals surface area contributed by atoms with Gasteiger partial charge in [0.2, 0.25) is 5.91 Å². The molecular weight excluding hydrogens is 216 g/mol. The van der Waals surface area contributed by atoms with E-state index in [1.54, 1.807) is 0 Å². The lowest BCUT2D eigenvalue weighted by Gasteiger charge is -2.49. The first kappa shape index (κ1) is 14.5. The number of carbonyl (C=O) groups is 1. The molecule has 0 radical (unpaired) electrons. The molecule has 4 nitrogen and oxygen atoms in total. The second kappa shape index (κ2) is 5.83. The lowest BCUT2D eigenvalue weighted by atomic mass is 9.88. The Morgan fingerprint density at radius 1 is 1.41 bits per heavy atom. The van der Waals surface area contributed by atoms with E-state index >= 15 is 0 Å². The first-order valence-corrected chi connectivity index (χ1v) is 6.62. The lowest BCUT2D eigenvalue weighted by Crippen LogP contribution is -2.66. The molecule has 17 heavy (non-hydrogen) atoms. The molecule has 100 valence electrons. The van der Waals surface area contributed by atoms with Crippen LogP contribution in [0.4, 0.5) is 0 Å². The van der Waals surface area contributed by atoms with E-state index in [2.05, 4.69) is 26.1 Å². The molecule has 0 aliphatic carbocycles. The van der Waals surface area contributed by atoms with Gasteiger partial charge in [-0.2, -0.15) is 0 Å². The third-order valence-corrected chi connectivity index (χ3v) is 3.32.